The van der Waals surface area contributed by atoms with E-state index >= 15 is 0 Å². The summed E-state index contributed by atoms with van der Waals surface area (Å²) in [5.41, 5.74) is 3.10. The van der Waals surface area contributed by atoms with E-state index in [2.05, 4.69) is 6.07 Å². The Morgan fingerprint density at radius 3 is 2.86 bits per heavy atom. The Labute approximate surface area is 136 Å². The summed E-state index contributed by atoms with van der Waals surface area (Å²) in [6.07, 6.45) is 1.25. The van der Waals surface area contributed by atoms with Crippen molar-refractivity contribution in [3.05, 3.63) is 33.8 Å². The number of rotatable bonds is 0. The van der Waals surface area contributed by atoms with Crippen molar-refractivity contribution < 1.29 is 14.3 Å². The Bertz CT molecular complexity index is 594. The minimum Gasteiger partial charge on any atom is -0.444 e. The van der Waals surface area contributed by atoms with Crippen LogP contribution in [0.5, 0.6) is 0 Å². The highest BCUT2D eigenvalue weighted by molar-refractivity contribution is 6.31. The largest absolute Gasteiger partial charge is 0.444 e. The number of benzene rings is 1. The number of nitrogens with zero attached hydrogens (tertiary/aromatic N) is 1. The van der Waals surface area contributed by atoms with E-state index in [0.717, 1.165) is 23.4 Å². The maximum atomic E-state index is 12.4. The van der Waals surface area contributed by atoms with Gasteiger partial charge < -0.3 is 14.4 Å². The van der Waals surface area contributed by atoms with Gasteiger partial charge in [0.2, 0.25) is 0 Å². The van der Waals surface area contributed by atoms with Gasteiger partial charge in [-0.05, 0) is 56.4 Å². The molecular weight excluding hydrogens is 302 g/mol. The number of carbonyl (C=O) groups excluding carboxylic acids is 1. The van der Waals surface area contributed by atoms with Gasteiger partial charge in [-0.15, -0.1) is 0 Å². The summed E-state index contributed by atoms with van der Waals surface area (Å²) in [6.45, 7) is 7.44. The standard InChI is InChI=1S/C17H22ClNO3/c1-17(2,3)22-16(20)19-8-6-12-13(18)5-4-11-7-9-21-14(10-19)15(11)12/h4-5,14H,6-10H2,1-3H3. The van der Waals surface area contributed by atoms with Crippen LogP contribution in [0.4, 0.5) is 4.79 Å². The van der Waals surface area contributed by atoms with Crippen molar-refractivity contribution in [3.63, 3.8) is 0 Å². The third kappa shape index (κ3) is 3.08. The van der Waals surface area contributed by atoms with Gasteiger partial charge in [-0.2, -0.15) is 0 Å². The molecule has 4 nitrogen and oxygen atoms in total. The van der Waals surface area contributed by atoms with Crippen LogP contribution in [0, 0.1) is 0 Å². The predicted octanol–water partition coefficient (Wildman–Crippen LogP) is 3.75. The van der Waals surface area contributed by atoms with Gasteiger partial charge in [0.25, 0.3) is 0 Å². The number of halogens is 1. The summed E-state index contributed by atoms with van der Waals surface area (Å²) in [7, 11) is 0. The highest BCUT2D eigenvalue weighted by Gasteiger charge is 2.33. The molecular formula is C17H22ClNO3. The molecule has 3 rings (SSSR count). The molecule has 5 heteroatoms. The van der Waals surface area contributed by atoms with E-state index in [9.17, 15) is 4.79 Å². The Hall–Kier alpha value is -1.26. The third-order valence-electron chi connectivity index (χ3n) is 4.07. The van der Waals surface area contributed by atoms with E-state index in [1.54, 1.807) is 4.90 Å². The van der Waals surface area contributed by atoms with Crippen LogP contribution in [0.2, 0.25) is 5.02 Å². The van der Waals surface area contributed by atoms with E-state index in [1.807, 2.05) is 26.8 Å². The quantitative estimate of drug-likeness (QED) is 0.730. The van der Waals surface area contributed by atoms with E-state index in [1.165, 1.54) is 11.1 Å². The second kappa shape index (κ2) is 5.74. The fraction of sp³-hybridized carbons (Fsp3) is 0.588. The van der Waals surface area contributed by atoms with Gasteiger partial charge in [0.05, 0.1) is 13.2 Å². The smallest absolute Gasteiger partial charge is 0.410 e. The molecule has 0 bridgehead atoms. The zero-order valence-electron chi connectivity index (χ0n) is 13.3. The maximum Gasteiger partial charge on any atom is 0.410 e. The second-order valence-corrected chi connectivity index (χ2v) is 7.29. The molecule has 0 radical (unpaired) electrons. The van der Waals surface area contributed by atoms with Gasteiger partial charge in [-0.1, -0.05) is 17.7 Å². The molecule has 0 spiro atoms. The molecule has 1 aromatic carbocycles. The monoisotopic (exact) mass is 323 g/mol. The van der Waals surface area contributed by atoms with Gasteiger partial charge >= 0.3 is 6.09 Å². The number of carbonyl (C=O) groups is 1. The maximum absolute atomic E-state index is 12.4. The molecule has 2 aliphatic rings. The lowest BCUT2D eigenvalue weighted by molar-refractivity contribution is -0.00447. The second-order valence-electron chi connectivity index (χ2n) is 6.88. The van der Waals surface area contributed by atoms with Crippen LogP contribution in [-0.2, 0) is 22.3 Å². The first kappa shape index (κ1) is 15.6. The van der Waals surface area contributed by atoms with Crippen molar-refractivity contribution in [2.45, 2.75) is 45.3 Å². The van der Waals surface area contributed by atoms with Gasteiger partial charge in [-0.25, -0.2) is 4.79 Å². The van der Waals surface area contributed by atoms with Crippen LogP contribution >= 0.6 is 11.6 Å². The lowest BCUT2D eigenvalue weighted by Gasteiger charge is -2.31. The average Bonchev–Trinajstić information content (AvgIpc) is 2.62. The zero-order chi connectivity index (χ0) is 15.9. The number of ether oxygens (including phenoxy) is 2. The molecule has 22 heavy (non-hydrogen) atoms. The van der Waals surface area contributed by atoms with Crippen molar-refractivity contribution in [2.75, 3.05) is 19.7 Å². The summed E-state index contributed by atoms with van der Waals surface area (Å²) in [6, 6.07) is 4.04. The van der Waals surface area contributed by atoms with Gasteiger partial charge in [0.1, 0.15) is 11.7 Å². The summed E-state index contributed by atoms with van der Waals surface area (Å²) in [5.74, 6) is 0. The van der Waals surface area contributed by atoms with Crippen molar-refractivity contribution in [1.82, 2.24) is 4.90 Å². The highest BCUT2D eigenvalue weighted by atomic mass is 35.5. The van der Waals surface area contributed by atoms with Crippen LogP contribution in [0.1, 0.15) is 43.6 Å². The molecule has 0 N–H and O–H groups in total. The van der Waals surface area contributed by atoms with Crippen molar-refractivity contribution in [1.29, 1.82) is 0 Å². The van der Waals surface area contributed by atoms with E-state index in [4.69, 9.17) is 21.1 Å². The molecule has 120 valence electrons. The normalized spacial score (nSPS) is 21.1. The summed E-state index contributed by atoms with van der Waals surface area (Å²) in [4.78, 5) is 14.1. The Balaban J connectivity index is 1.88. The molecule has 0 aliphatic carbocycles. The van der Waals surface area contributed by atoms with Crippen LogP contribution in [0.25, 0.3) is 0 Å². The number of hydrogen-bond donors (Lipinski definition) is 0. The predicted molar refractivity (Wildman–Crippen MR) is 85.4 cm³/mol. The molecule has 0 saturated carbocycles. The third-order valence-corrected chi connectivity index (χ3v) is 4.43. The van der Waals surface area contributed by atoms with Gasteiger partial charge in [0.15, 0.2) is 0 Å². The first-order chi connectivity index (χ1) is 10.3. The summed E-state index contributed by atoms with van der Waals surface area (Å²) in [5, 5.41) is 0.764. The molecule has 2 heterocycles. The van der Waals surface area contributed by atoms with Crippen molar-refractivity contribution in [2.24, 2.45) is 0 Å². The van der Waals surface area contributed by atoms with Crippen molar-refractivity contribution in [3.8, 4) is 0 Å². The van der Waals surface area contributed by atoms with E-state index in [0.29, 0.717) is 19.7 Å². The molecule has 0 saturated heterocycles. The lowest BCUT2D eigenvalue weighted by Crippen LogP contribution is -2.40. The van der Waals surface area contributed by atoms with Crippen LogP contribution in [-0.4, -0.2) is 36.3 Å². The molecule has 1 amide bonds. The Morgan fingerprint density at radius 2 is 2.14 bits per heavy atom. The number of hydrogen-bond acceptors (Lipinski definition) is 3. The summed E-state index contributed by atoms with van der Waals surface area (Å²) >= 11 is 6.38. The van der Waals surface area contributed by atoms with Crippen LogP contribution < -0.4 is 0 Å². The van der Waals surface area contributed by atoms with Crippen LogP contribution in [0.3, 0.4) is 0 Å². The lowest BCUT2D eigenvalue weighted by atomic mass is 9.92. The Morgan fingerprint density at radius 1 is 1.36 bits per heavy atom. The SMILES string of the molecule is CC(C)(C)OC(=O)N1CCc2c(Cl)ccc3c2C(C1)OCC3. The minimum atomic E-state index is -0.494. The fourth-order valence-corrected chi connectivity index (χ4v) is 3.39. The molecule has 2 aliphatic heterocycles. The van der Waals surface area contributed by atoms with E-state index < -0.39 is 5.60 Å². The average molecular weight is 324 g/mol. The molecule has 0 fully saturated rings. The molecule has 1 unspecified atom stereocenters. The molecule has 0 aromatic heterocycles. The van der Waals surface area contributed by atoms with Gasteiger partial charge in [-0.3, -0.25) is 0 Å². The number of amides is 1. The fourth-order valence-electron chi connectivity index (χ4n) is 3.13. The Kier molecular flexibility index (Phi) is 4.08. The van der Waals surface area contributed by atoms with E-state index in [-0.39, 0.29) is 12.2 Å². The first-order valence-electron chi connectivity index (χ1n) is 7.75. The highest BCUT2D eigenvalue weighted by Crippen LogP contribution is 2.37. The summed E-state index contributed by atoms with van der Waals surface area (Å²) < 4.78 is 11.4. The molecule has 1 aromatic rings. The minimum absolute atomic E-state index is 0.104. The van der Waals surface area contributed by atoms with Crippen molar-refractivity contribution >= 4 is 17.7 Å². The molecule has 1 atom stereocenters. The van der Waals surface area contributed by atoms with Gasteiger partial charge in [0, 0.05) is 11.6 Å². The van der Waals surface area contributed by atoms with Crippen LogP contribution in [0.15, 0.2) is 12.1 Å². The first-order valence-corrected chi connectivity index (χ1v) is 8.12. The topological polar surface area (TPSA) is 38.8 Å². The zero-order valence-corrected chi connectivity index (χ0v) is 14.1.